The quantitative estimate of drug-likeness (QED) is 0.811. The average Bonchev–Trinajstić information content (AvgIpc) is 2.48. The summed E-state index contributed by atoms with van der Waals surface area (Å²) in [5.41, 5.74) is 6.15. The van der Waals surface area contributed by atoms with Crippen molar-refractivity contribution in [1.82, 2.24) is 5.32 Å². The lowest BCUT2D eigenvalue weighted by Gasteiger charge is -2.32. The van der Waals surface area contributed by atoms with E-state index >= 15 is 0 Å². The summed E-state index contributed by atoms with van der Waals surface area (Å²) in [6.45, 7) is 3.98. The Hall–Kier alpha value is -0.520. The summed E-state index contributed by atoms with van der Waals surface area (Å²) in [6, 6.07) is 7.90. The van der Waals surface area contributed by atoms with Crippen molar-refractivity contribution in [3.8, 4) is 0 Å². The van der Waals surface area contributed by atoms with Crippen LogP contribution < -0.4 is 11.1 Å². The van der Waals surface area contributed by atoms with Crippen LogP contribution in [0.15, 0.2) is 28.7 Å². The maximum atomic E-state index is 12.6. The molecule has 2 rings (SSSR count). The van der Waals surface area contributed by atoms with E-state index in [9.17, 15) is 4.79 Å². The predicted octanol–water partition coefficient (Wildman–Crippen LogP) is 3.80. The van der Waals surface area contributed by atoms with E-state index in [-0.39, 0.29) is 11.9 Å². The fourth-order valence-electron chi connectivity index (χ4n) is 2.93. The van der Waals surface area contributed by atoms with Crippen LogP contribution in [0.2, 0.25) is 0 Å². The number of halogens is 1. The molecule has 3 unspecified atom stereocenters. The smallest absolute Gasteiger partial charge is 0.244 e. The number of carbonyl (C=O) groups is 1. The molecule has 0 spiro atoms. The van der Waals surface area contributed by atoms with Gasteiger partial charge in [-0.3, -0.25) is 4.79 Å². The molecule has 1 aliphatic rings. The first-order valence-corrected chi connectivity index (χ1v) is 9.75. The number of carbonyl (C=O) groups excluding carboxylic acids is 1. The van der Waals surface area contributed by atoms with Gasteiger partial charge in [-0.15, -0.1) is 0 Å². The first-order chi connectivity index (χ1) is 10.4. The number of nitrogens with two attached hydrogens (primary N) is 1. The highest BCUT2D eigenvalue weighted by Crippen LogP contribution is 2.29. The van der Waals surface area contributed by atoms with Crippen molar-refractivity contribution in [2.75, 3.05) is 5.75 Å². The molecule has 122 valence electrons. The van der Waals surface area contributed by atoms with Crippen LogP contribution in [-0.4, -0.2) is 23.0 Å². The minimum Gasteiger partial charge on any atom is -0.351 e. The molecule has 1 aromatic rings. The van der Waals surface area contributed by atoms with E-state index in [1.54, 1.807) is 6.92 Å². The standard InChI is InChI=1S/C17H25BrN2OS/c1-3-22-15-6-4-5-14(11-15)20-16(21)17(2,19)12-7-9-13(18)10-8-12/h7-10,14-15H,3-6,11,19H2,1-2H3,(H,20,21). The summed E-state index contributed by atoms with van der Waals surface area (Å²) in [4.78, 5) is 12.6. The molecule has 1 saturated carbocycles. The SMILES string of the molecule is CCSC1CCCC(NC(=O)C(C)(N)c2ccc(Br)cc2)C1. The van der Waals surface area contributed by atoms with E-state index in [0.29, 0.717) is 5.25 Å². The van der Waals surface area contributed by atoms with E-state index in [0.717, 1.165) is 28.6 Å². The molecule has 5 heteroatoms. The monoisotopic (exact) mass is 384 g/mol. The summed E-state index contributed by atoms with van der Waals surface area (Å²) in [5.74, 6) is 1.06. The van der Waals surface area contributed by atoms with Gasteiger partial charge in [0.25, 0.3) is 0 Å². The molecule has 0 saturated heterocycles. The highest BCUT2D eigenvalue weighted by molar-refractivity contribution is 9.10. The van der Waals surface area contributed by atoms with Gasteiger partial charge in [-0.25, -0.2) is 0 Å². The number of nitrogens with one attached hydrogen (secondary N) is 1. The lowest BCUT2D eigenvalue weighted by Crippen LogP contribution is -2.52. The lowest BCUT2D eigenvalue weighted by atomic mass is 9.90. The third kappa shape index (κ3) is 4.49. The van der Waals surface area contributed by atoms with Crippen molar-refractivity contribution in [3.63, 3.8) is 0 Å². The molecule has 22 heavy (non-hydrogen) atoms. The Balaban J connectivity index is 1.99. The van der Waals surface area contributed by atoms with Crippen molar-refractivity contribution in [3.05, 3.63) is 34.3 Å². The fourth-order valence-corrected chi connectivity index (χ4v) is 4.36. The molecule has 0 radical (unpaired) electrons. The van der Waals surface area contributed by atoms with Crippen LogP contribution >= 0.6 is 27.7 Å². The van der Waals surface area contributed by atoms with E-state index in [4.69, 9.17) is 5.73 Å². The second kappa shape index (κ2) is 7.84. The molecule has 0 heterocycles. The minimum atomic E-state index is -0.995. The molecule has 1 fully saturated rings. The molecule has 0 bridgehead atoms. The topological polar surface area (TPSA) is 55.1 Å². The maximum Gasteiger partial charge on any atom is 0.244 e. The third-order valence-electron chi connectivity index (χ3n) is 4.28. The fraction of sp³-hybridized carbons (Fsp3) is 0.588. The Morgan fingerprint density at radius 3 is 2.73 bits per heavy atom. The van der Waals surface area contributed by atoms with Crippen LogP contribution in [0.1, 0.15) is 45.1 Å². The summed E-state index contributed by atoms with van der Waals surface area (Å²) >= 11 is 5.41. The Kier molecular flexibility index (Phi) is 6.36. The van der Waals surface area contributed by atoms with Crippen LogP contribution in [-0.2, 0) is 10.3 Å². The lowest BCUT2D eigenvalue weighted by molar-refractivity contribution is -0.127. The molecule has 3 N–H and O–H groups in total. The highest BCUT2D eigenvalue weighted by Gasteiger charge is 2.33. The van der Waals surface area contributed by atoms with Gasteiger partial charge in [-0.1, -0.05) is 41.4 Å². The van der Waals surface area contributed by atoms with Gasteiger partial charge < -0.3 is 11.1 Å². The molecule has 3 atom stereocenters. The predicted molar refractivity (Wildman–Crippen MR) is 98.0 cm³/mol. The van der Waals surface area contributed by atoms with E-state index in [2.05, 4.69) is 28.2 Å². The van der Waals surface area contributed by atoms with Crippen LogP contribution in [0.5, 0.6) is 0 Å². The van der Waals surface area contributed by atoms with Crippen LogP contribution in [0.4, 0.5) is 0 Å². The highest BCUT2D eigenvalue weighted by atomic mass is 79.9. The van der Waals surface area contributed by atoms with Crippen LogP contribution in [0, 0.1) is 0 Å². The van der Waals surface area contributed by atoms with Gasteiger partial charge >= 0.3 is 0 Å². The number of hydrogen-bond acceptors (Lipinski definition) is 3. The van der Waals surface area contributed by atoms with Gasteiger partial charge in [0.15, 0.2) is 0 Å². The van der Waals surface area contributed by atoms with E-state index in [1.165, 1.54) is 12.8 Å². The zero-order chi connectivity index (χ0) is 16.2. The van der Waals surface area contributed by atoms with E-state index in [1.807, 2.05) is 36.0 Å². The van der Waals surface area contributed by atoms with Crippen molar-refractivity contribution in [1.29, 1.82) is 0 Å². The van der Waals surface area contributed by atoms with Gasteiger partial charge in [0.05, 0.1) is 0 Å². The normalized spacial score (nSPS) is 24.5. The van der Waals surface area contributed by atoms with Gasteiger partial charge in [0.2, 0.25) is 5.91 Å². The van der Waals surface area contributed by atoms with Crippen molar-refractivity contribution >= 4 is 33.6 Å². The molecule has 1 amide bonds. The summed E-state index contributed by atoms with van der Waals surface area (Å²) in [7, 11) is 0. The molecular weight excluding hydrogens is 360 g/mol. The Labute approximate surface area is 145 Å². The Morgan fingerprint density at radius 2 is 2.09 bits per heavy atom. The van der Waals surface area contributed by atoms with Crippen molar-refractivity contribution in [2.24, 2.45) is 5.73 Å². The maximum absolute atomic E-state index is 12.6. The van der Waals surface area contributed by atoms with Gasteiger partial charge in [0, 0.05) is 15.8 Å². The molecule has 1 aromatic carbocycles. The number of thioether (sulfide) groups is 1. The molecule has 3 nitrogen and oxygen atoms in total. The number of rotatable bonds is 5. The number of benzene rings is 1. The summed E-state index contributed by atoms with van der Waals surface area (Å²) < 4.78 is 0.985. The summed E-state index contributed by atoms with van der Waals surface area (Å²) in [5, 5.41) is 3.84. The second-order valence-electron chi connectivity index (χ2n) is 6.12. The Morgan fingerprint density at radius 1 is 1.41 bits per heavy atom. The largest absolute Gasteiger partial charge is 0.351 e. The first kappa shape index (κ1) is 17.8. The minimum absolute atomic E-state index is 0.0815. The van der Waals surface area contributed by atoms with Crippen LogP contribution in [0.25, 0.3) is 0 Å². The van der Waals surface area contributed by atoms with Gasteiger partial charge in [-0.2, -0.15) is 11.8 Å². The number of amides is 1. The summed E-state index contributed by atoms with van der Waals surface area (Å²) in [6.07, 6.45) is 4.56. The van der Waals surface area contributed by atoms with Crippen molar-refractivity contribution in [2.45, 2.75) is 56.4 Å². The first-order valence-electron chi connectivity index (χ1n) is 7.91. The zero-order valence-electron chi connectivity index (χ0n) is 13.3. The molecular formula is C17H25BrN2OS. The number of hydrogen-bond donors (Lipinski definition) is 2. The molecule has 0 aromatic heterocycles. The molecule has 1 aliphatic carbocycles. The third-order valence-corrected chi connectivity index (χ3v) is 6.04. The second-order valence-corrected chi connectivity index (χ2v) is 8.62. The molecule has 0 aliphatic heterocycles. The van der Waals surface area contributed by atoms with E-state index < -0.39 is 5.54 Å². The van der Waals surface area contributed by atoms with Crippen LogP contribution in [0.3, 0.4) is 0 Å². The zero-order valence-corrected chi connectivity index (χ0v) is 15.7. The average molecular weight is 385 g/mol. The van der Waals surface area contributed by atoms with Gasteiger partial charge in [-0.05, 0) is 49.6 Å². The Bertz CT molecular complexity index is 502. The van der Waals surface area contributed by atoms with Gasteiger partial charge in [0.1, 0.15) is 5.54 Å². The van der Waals surface area contributed by atoms with Crippen molar-refractivity contribution < 1.29 is 4.79 Å².